The Hall–Kier alpha value is -2.66. The number of aromatic nitrogens is 2. The van der Waals surface area contributed by atoms with Crippen molar-refractivity contribution in [3.8, 4) is 0 Å². The molecular weight excluding hydrogens is 338 g/mol. The predicted molar refractivity (Wildman–Crippen MR) is 105 cm³/mol. The van der Waals surface area contributed by atoms with Crippen molar-refractivity contribution in [2.75, 3.05) is 13.2 Å². The second kappa shape index (κ2) is 7.53. The number of hydrogen-bond acceptors (Lipinski definition) is 4. The van der Waals surface area contributed by atoms with E-state index in [9.17, 15) is 4.79 Å². The molecule has 2 aromatic heterocycles. The van der Waals surface area contributed by atoms with Crippen LogP contribution in [0.25, 0.3) is 10.9 Å². The van der Waals surface area contributed by atoms with Gasteiger partial charge in [0.05, 0.1) is 6.61 Å². The van der Waals surface area contributed by atoms with Crippen LogP contribution in [0.4, 0.5) is 0 Å². The minimum atomic E-state index is -0.404. The molecule has 1 N–H and O–H groups in total. The molecule has 27 heavy (non-hydrogen) atoms. The molecule has 0 amide bonds. The fourth-order valence-electron chi connectivity index (χ4n) is 4.05. The molecule has 140 valence electrons. The third-order valence-electron chi connectivity index (χ3n) is 5.20. The first kappa shape index (κ1) is 17.7. The number of ether oxygens (including phenoxy) is 1. The molecule has 5 heteroatoms. The zero-order valence-electron chi connectivity index (χ0n) is 15.9. The summed E-state index contributed by atoms with van der Waals surface area (Å²) in [7, 11) is 0. The lowest BCUT2D eigenvalue weighted by Gasteiger charge is -2.29. The van der Waals surface area contributed by atoms with Crippen LogP contribution < -0.4 is 0 Å². The van der Waals surface area contributed by atoms with Crippen molar-refractivity contribution < 1.29 is 9.53 Å². The number of nitrogens with zero attached hydrogens (tertiary/aromatic N) is 2. The van der Waals surface area contributed by atoms with Crippen molar-refractivity contribution in [2.24, 2.45) is 0 Å². The summed E-state index contributed by atoms with van der Waals surface area (Å²) in [4.78, 5) is 23.1. The number of rotatable bonds is 4. The summed E-state index contributed by atoms with van der Waals surface area (Å²) in [5, 5.41) is 1.13. The van der Waals surface area contributed by atoms with Crippen molar-refractivity contribution in [2.45, 2.75) is 39.3 Å². The van der Waals surface area contributed by atoms with Crippen molar-refractivity contribution in [1.29, 1.82) is 0 Å². The van der Waals surface area contributed by atoms with Crippen molar-refractivity contribution in [3.05, 3.63) is 65.1 Å². The number of H-pyrrole nitrogens is 1. The van der Waals surface area contributed by atoms with E-state index >= 15 is 0 Å². The highest BCUT2D eigenvalue weighted by molar-refractivity contribution is 5.91. The van der Waals surface area contributed by atoms with Gasteiger partial charge in [-0.05, 0) is 50.5 Å². The van der Waals surface area contributed by atoms with Crippen molar-refractivity contribution >= 4 is 16.9 Å². The van der Waals surface area contributed by atoms with E-state index in [1.54, 1.807) is 6.20 Å². The monoisotopic (exact) mass is 363 g/mol. The number of fused-ring (bicyclic) bond motifs is 3. The number of benzene rings is 1. The average molecular weight is 363 g/mol. The van der Waals surface area contributed by atoms with Gasteiger partial charge in [-0.15, -0.1) is 0 Å². The van der Waals surface area contributed by atoms with E-state index in [4.69, 9.17) is 4.74 Å². The quantitative estimate of drug-likeness (QED) is 0.714. The minimum absolute atomic E-state index is 0.174. The van der Waals surface area contributed by atoms with Crippen LogP contribution in [0.15, 0.2) is 42.7 Å². The molecule has 1 aliphatic heterocycles. The van der Waals surface area contributed by atoms with E-state index in [0.29, 0.717) is 13.2 Å². The molecule has 0 aliphatic carbocycles. The average Bonchev–Trinajstić information content (AvgIpc) is 2.90. The summed E-state index contributed by atoms with van der Waals surface area (Å²) in [5.74, 6) is -0.174. The molecule has 0 fully saturated rings. The second-order valence-corrected chi connectivity index (χ2v) is 7.16. The van der Waals surface area contributed by atoms with Gasteiger partial charge in [-0.2, -0.15) is 0 Å². The number of pyridine rings is 1. The second-order valence-electron chi connectivity index (χ2n) is 7.16. The van der Waals surface area contributed by atoms with Gasteiger partial charge < -0.3 is 9.72 Å². The van der Waals surface area contributed by atoms with Crippen LogP contribution in [0.5, 0.6) is 0 Å². The molecule has 0 saturated carbocycles. The van der Waals surface area contributed by atoms with Gasteiger partial charge in [0.25, 0.3) is 0 Å². The summed E-state index contributed by atoms with van der Waals surface area (Å²) < 4.78 is 5.50. The standard InChI is InChI=1S/C22H25N3O2/c1-3-27-22(26)21-20-17-12-15(2)8-9-18(17)24-19(20)7-5-11-25(21)14-16-6-4-10-23-13-16/h4,6,8-10,12-13,21,24H,3,5,7,11,14H2,1-2H3. The molecule has 3 aromatic rings. The number of aromatic amines is 1. The highest BCUT2D eigenvalue weighted by atomic mass is 16.5. The van der Waals surface area contributed by atoms with Crippen LogP contribution in [-0.2, 0) is 22.5 Å². The summed E-state index contributed by atoms with van der Waals surface area (Å²) in [6, 6.07) is 9.97. The molecule has 0 spiro atoms. The summed E-state index contributed by atoms with van der Waals surface area (Å²) >= 11 is 0. The first-order chi connectivity index (χ1) is 13.2. The van der Waals surface area contributed by atoms with Crippen LogP contribution in [0, 0.1) is 6.92 Å². The van der Waals surface area contributed by atoms with Gasteiger partial charge in [-0.25, -0.2) is 4.79 Å². The maximum atomic E-state index is 13.0. The van der Waals surface area contributed by atoms with E-state index in [1.807, 2.05) is 19.2 Å². The molecular formula is C22H25N3O2. The largest absolute Gasteiger partial charge is 0.465 e. The SMILES string of the molecule is CCOC(=O)C1c2c([nH]c3ccc(C)cc23)CCCN1Cc1cccnc1. The molecule has 4 rings (SSSR count). The molecule has 1 atom stereocenters. The molecule has 1 aromatic carbocycles. The van der Waals surface area contributed by atoms with Crippen LogP contribution >= 0.6 is 0 Å². The first-order valence-electron chi connectivity index (χ1n) is 9.58. The fourth-order valence-corrected chi connectivity index (χ4v) is 4.05. The maximum absolute atomic E-state index is 13.0. The third-order valence-corrected chi connectivity index (χ3v) is 5.20. The Labute approximate surface area is 159 Å². The van der Waals surface area contributed by atoms with Gasteiger partial charge >= 0.3 is 5.97 Å². The normalized spacial score (nSPS) is 17.5. The van der Waals surface area contributed by atoms with Gasteiger partial charge in [0.2, 0.25) is 0 Å². The smallest absolute Gasteiger partial charge is 0.328 e. The van der Waals surface area contributed by atoms with Crippen LogP contribution in [0.2, 0.25) is 0 Å². The Balaban J connectivity index is 1.82. The van der Waals surface area contributed by atoms with Gasteiger partial charge in [0, 0.05) is 47.6 Å². The molecule has 1 unspecified atom stereocenters. The van der Waals surface area contributed by atoms with Crippen molar-refractivity contribution in [1.82, 2.24) is 14.9 Å². The molecule has 3 heterocycles. The Morgan fingerprint density at radius 2 is 2.26 bits per heavy atom. The highest BCUT2D eigenvalue weighted by Crippen LogP contribution is 2.37. The van der Waals surface area contributed by atoms with E-state index in [0.717, 1.165) is 47.1 Å². The van der Waals surface area contributed by atoms with E-state index in [-0.39, 0.29) is 5.97 Å². The Kier molecular flexibility index (Phi) is 4.94. The van der Waals surface area contributed by atoms with Crippen LogP contribution in [0.1, 0.15) is 41.8 Å². The Morgan fingerprint density at radius 3 is 3.04 bits per heavy atom. The number of aryl methyl sites for hydroxylation is 2. The van der Waals surface area contributed by atoms with Gasteiger partial charge in [0.1, 0.15) is 6.04 Å². The predicted octanol–water partition coefficient (Wildman–Crippen LogP) is 3.92. The van der Waals surface area contributed by atoms with Gasteiger partial charge in [-0.1, -0.05) is 17.7 Å². The molecule has 1 aliphatic rings. The van der Waals surface area contributed by atoms with Gasteiger partial charge in [0.15, 0.2) is 0 Å². The molecule has 5 nitrogen and oxygen atoms in total. The number of nitrogens with one attached hydrogen (secondary N) is 1. The summed E-state index contributed by atoms with van der Waals surface area (Å²) in [5.41, 5.74) is 5.61. The van der Waals surface area contributed by atoms with Gasteiger partial charge in [-0.3, -0.25) is 9.88 Å². The number of esters is 1. The third kappa shape index (κ3) is 3.47. The van der Waals surface area contributed by atoms with E-state index < -0.39 is 6.04 Å². The van der Waals surface area contributed by atoms with Crippen LogP contribution in [0.3, 0.4) is 0 Å². The minimum Gasteiger partial charge on any atom is -0.465 e. The van der Waals surface area contributed by atoms with E-state index in [1.165, 1.54) is 5.56 Å². The lowest BCUT2D eigenvalue weighted by Crippen LogP contribution is -2.35. The first-order valence-corrected chi connectivity index (χ1v) is 9.58. The molecule has 0 saturated heterocycles. The fraction of sp³-hybridized carbons (Fsp3) is 0.364. The lowest BCUT2D eigenvalue weighted by molar-refractivity contribution is -0.150. The zero-order valence-corrected chi connectivity index (χ0v) is 15.9. The maximum Gasteiger partial charge on any atom is 0.328 e. The number of hydrogen-bond donors (Lipinski definition) is 1. The lowest BCUT2D eigenvalue weighted by atomic mass is 10.00. The molecule has 0 bridgehead atoms. The Bertz CT molecular complexity index is 949. The van der Waals surface area contributed by atoms with Crippen LogP contribution in [-0.4, -0.2) is 34.0 Å². The zero-order chi connectivity index (χ0) is 18.8. The molecule has 0 radical (unpaired) electrons. The number of carbonyl (C=O) groups excluding carboxylic acids is 1. The number of carbonyl (C=O) groups is 1. The van der Waals surface area contributed by atoms with E-state index in [2.05, 4.69) is 46.1 Å². The highest BCUT2D eigenvalue weighted by Gasteiger charge is 2.35. The topological polar surface area (TPSA) is 58.2 Å². The van der Waals surface area contributed by atoms with Crippen molar-refractivity contribution in [3.63, 3.8) is 0 Å². The Morgan fingerprint density at radius 1 is 1.37 bits per heavy atom. The summed E-state index contributed by atoms with van der Waals surface area (Å²) in [6.07, 6.45) is 5.57. The summed E-state index contributed by atoms with van der Waals surface area (Å²) in [6.45, 7) is 5.85.